The molecule has 2 aromatic heterocycles. The Kier molecular flexibility index (Phi) is 2.76. The van der Waals surface area contributed by atoms with Gasteiger partial charge in [0.15, 0.2) is 5.82 Å². The van der Waals surface area contributed by atoms with E-state index in [-0.39, 0.29) is 0 Å². The van der Waals surface area contributed by atoms with E-state index in [1.54, 1.807) is 6.33 Å². The van der Waals surface area contributed by atoms with Crippen LogP contribution in [0.4, 0.5) is 5.82 Å². The number of aryl methyl sites for hydroxylation is 1. The van der Waals surface area contributed by atoms with Gasteiger partial charge in [0.1, 0.15) is 5.69 Å². The monoisotopic (exact) mass is 273 g/mol. The third kappa shape index (κ3) is 1.98. The summed E-state index contributed by atoms with van der Waals surface area (Å²) in [7, 11) is 1.91. The van der Waals surface area contributed by atoms with E-state index in [2.05, 4.69) is 15.2 Å². The predicted octanol–water partition coefficient (Wildman–Crippen LogP) is 2.71. The van der Waals surface area contributed by atoms with Crippen molar-refractivity contribution >= 4 is 17.4 Å². The lowest BCUT2D eigenvalue weighted by molar-refractivity contribution is 0.913. The molecule has 6 heteroatoms. The smallest absolute Gasteiger partial charge is 0.153 e. The number of H-pyrrole nitrogens is 1. The Morgan fingerprint density at radius 2 is 2.11 bits per heavy atom. The number of imidazole rings is 1. The second kappa shape index (κ2) is 4.44. The molecular weight excluding hydrogens is 262 g/mol. The molecule has 1 aromatic carbocycles. The van der Waals surface area contributed by atoms with Gasteiger partial charge in [-0.2, -0.15) is 5.10 Å². The van der Waals surface area contributed by atoms with Gasteiger partial charge in [-0.1, -0.05) is 29.8 Å². The van der Waals surface area contributed by atoms with Gasteiger partial charge < -0.3 is 10.3 Å². The first kappa shape index (κ1) is 11.8. The minimum Gasteiger partial charge on any atom is -0.382 e. The van der Waals surface area contributed by atoms with Gasteiger partial charge in [0.25, 0.3) is 0 Å². The van der Waals surface area contributed by atoms with Gasteiger partial charge in [0.2, 0.25) is 0 Å². The molecule has 0 aliphatic heterocycles. The van der Waals surface area contributed by atoms with Crippen LogP contribution in [0.2, 0.25) is 5.02 Å². The molecule has 3 rings (SSSR count). The largest absolute Gasteiger partial charge is 0.382 e. The molecule has 3 aromatic rings. The molecule has 0 amide bonds. The number of aromatic amines is 1. The third-order valence-corrected chi connectivity index (χ3v) is 3.23. The summed E-state index contributed by atoms with van der Waals surface area (Å²) in [6.07, 6.45) is 3.62. The Balaban J connectivity index is 2.22. The summed E-state index contributed by atoms with van der Waals surface area (Å²) in [6, 6.07) is 7.53. The standard InChI is InChI=1S/C13H12ClN5/c1-19-6-10(16-7-19)12-11(13(15)18-17-12)8-4-2-3-5-9(8)14/h2-7H,1H3,(H3,15,17,18). The fourth-order valence-corrected chi connectivity index (χ4v) is 2.25. The van der Waals surface area contributed by atoms with Crippen molar-refractivity contribution in [3.8, 4) is 22.5 Å². The van der Waals surface area contributed by atoms with E-state index in [9.17, 15) is 0 Å². The van der Waals surface area contributed by atoms with Gasteiger partial charge in [-0.05, 0) is 6.07 Å². The van der Waals surface area contributed by atoms with E-state index in [1.807, 2.05) is 42.1 Å². The normalized spacial score (nSPS) is 10.8. The Morgan fingerprint density at radius 3 is 2.79 bits per heavy atom. The number of halogens is 1. The number of anilines is 1. The number of benzene rings is 1. The predicted molar refractivity (Wildman–Crippen MR) is 75.6 cm³/mol. The highest BCUT2D eigenvalue weighted by Gasteiger charge is 2.18. The molecule has 96 valence electrons. The summed E-state index contributed by atoms with van der Waals surface area (Å²) in [6.45, 7) is 0. The van der Waals surface area contributed by atoms with E-state index in [4.69, 9.17) is 17.3 Å². The van der Waals surface area contributed by atoms with Crippen molar-refractivity contribution in [2.45, 2.75) is 0 Å². The van der Waals surface area contributed by atoms with Gasteiger partial charge in [0.05, 0.1) is 17.6 Å². The zero-order valence-corrected chi connectivity index (χ0v) is 11.0. The highest BCUT2D eigenvalue weighted by molar-refractivity contribution is 6.33. The van der Waals surface area contributed by atoms with Crippen LogP contribution in [0, 0.1) is 0 Å². The Hall–Kier alpha value is -2.27. The Bertz CT molecular complexity index is 728. The average Bonchev–Trinajstić information content (AvgIpc) is 2.96. The van der Waals surface area contributed by atoms with Crippen LogP contribution < -0.4 is 5.73 Å². The van der Waals surface area contributed by atoms with Gasteiger partial charge in [-0.25, -0.2) is 4.98 Å². The molecule has 0 fully saturated rings. The maximum Gasteiger partial charge on any atom is 0.153 e. The van der Waals surface area contributed by atoms with Crippen molar-refractivity contribution in [2.24, 2.45) is 7.05 Å². The average molecular weight is 274 g/mol. The molecule has 0 bridgehead atoms. The molecule has 19 heavy (non-hydrogen) atoms. The quantitative estimate of drug-likeness (QED) is 0.754. The van der Waals surface area contributed by atoms with Crippen molar-refractivity contribution in [2.75, 3.05) is 5.73 Å². The van der Waals surface area contributed by atoms with Crippen LogP contribution in [0.1, 0.15) is 0 Å². The molecule has 0 saturated carbocycles. The SMILES string of the molecule is Cn1cnc(-c2[nH]nc(N)c2-c2ccccc2Cl)c1. The minimum absolute atomic E-state index is 0.411. The van der Waals surface area contributed by atoms with E-state index >= 15 is 0 Å². The van der Waals surface area contributed by atoms with E-state index in [0.29, 0.717) is 10.8 Å². The summed E-state index contributed by atoms with van der Waals surface area (Å²) in [5.41, 5.74) is 9.13. The van der Waals surface area contributed by atoms with Crippen molar-refractivity contribution in [3.63, 3.8) is 0 Å². The molecule has 5 nitrogen and oxygen atoms in total. The molecule has 0 aliphatic carbocycles. The first-order valence-corrected chi connectivity index (χ1v) is 6.11. The van der Waals surface area contributed by atoms with Crippen molar-refractivity contribution in [1.29, 1.82) is 0 Å². The topological polar surface area (TPSA) is 72.5 Å². The maximum atomic E-state index is 6.23. The number of nitrogens with one attached hydrogen (secondary N) is 1. The highest BCUT2D eigenvalue weighted by Crippen LogP contribution is 2.37. The summed E-state index contributed by atoms with van der Waals surface area (Å²) in [4.78, 5) is 4.31. The molecule has 0 spiro atoms. The number of rotatable bonds is 2. The minimum atomic E-state index is 0.411. The second-order valence-electron chi connectivity index (χ2n) is 4.26. The molecule has 2 heterocycles. The lowest BCUT2D eigenvalue weighted by Crippen LogP contribution is -1.89. The molecule has 0 aliphatic rings. The maximum absolute atomic E-state index is 6.23. The van der Waals surface area contributed by atoms with Gasteiger partial charge in [-0.15, -0.1) is 0 Å². The lowest BCUT2D eigenvalue weighted by Gasteiger charge is -2.04. The van der Waals surface area contributed by atoms with Crippen LogP contribution in [0.25, 0.3) is 22.5 Å². The van der Waals surface area contributed by atoms with Crippen LogP contribution in [0.3, 0.4) is 0 Å². The summed E-state index contributed by atoms with van der Waals surface area (Å²) < 4.78 is 1.86. The molecule has 0 unspecified atom stereocenters. The molecule has 3 N–H and O–H groups in total. The van der Waals surface area contributed by atoms with Crippen LogP contribution in [-0.2, 0) is 7.05 Å². The second-order valence-corrected chi connectivity index (χ2v) is 4.67. The van der Waals surface area contributed by atoms with E-state index in [1.165, 1.54) is 0 Å². The number of aromatic nitrogens is 4. The van der Waals surface area contributed by atoms with E-state index < -0.39 is 0 Å². The van der Waals surface area contributed by atoms with Gasteiger partial charge >= 0.3 is 0 Å². The van der Waals surface area contributed by atoms with Crippen LogP contribution in [0.15, 0.2) is 36.8 Å². The number of nitrogens with two attached hydrogens (primary N) is 1. The van der Waals surface area contributed by atoms with Crippen LogP contribution in [-0.4, -0.2) is 19.7 Å². The van der Waals surface area contributed by atoms with Gasteiger partial charge in [-0.3, -0.25) is 5.10 Å². The Labute approximate surface area is 115 Å². The molecule has 0 atom stereocenters. The number of nitrogen functional groups attached to an aromatic ring is 1. The molecule has 0 saturated heterocycles. The first-order chi connectivity index (χ1) is 9.16. The van der Waals surface area contributed by atoms with Crippen molar-refractivity contribution in [1.82, 2.24) is 19.7 Å². The van der Waals surface area contributed by atoms with Crippen molar-refractivity contribution in [3.05, 3.63) is 41.8 Å². The first-order valence-electron chi connectivity index (χ1n) is 5.74. The zero-order valence-electron chi connectivity index (χ0n) is 10.3. The third-order valence-electron chi connectivity index (χ3n) is 2.90. The molecule has 0 radical (unpaired) electrons. The van der Waals surface area contributed by atoms with E-state index in [0.717, 1.165) is 22.5 Å². The van der Waals surface area contributed by atoms with Crippen LogP contribution >= 0.6 is 11.6 Å². The Morgan fingerprint density at radius 1 is 1.32 bits per heavy atom. The number of hydrogen-bond donors (Lipinski definition) is 2. The fraction of sp³-hybridized carbons (Fsp3) is 0.0769. The number of hydrogen-bond acceptors (Lipinski definition) is 3. The summed E-state index contributed by atoms with van der Waals surface area (Å²) in [5.74, 6) is 0.411. The lowest BCUT2D eigenvalue weighted by atomic mass is 10.0. The summed E-state index contributed by atoms with van der Waals surface area (Å²) in [5, 5.41) is 7.62. The van der Waals surface area contributed by atoms with Crippen LogP contribution in [0.5, 0.6) is 0 Å². The summed E-state index contributed by atoms with van der Waals surface area (Å²) >= 11 is 6.23. The highest BCUT2D eigenvalue weighted by atomic mass is 35.5. The molecular formula is C13H12ClN5. The zero-order chi connectivity index (χ0) is 13.4. The van der Waals surface area contributed by atoms with Crippen molar-refractivity contribution < 1.29 is 0 Å². The van der Waals surface area contributed by atoms with Gasteiger partial charge in [0, 0.05) is 23.8 Å². The number of nitrogens with zero attached hydrogens (tertiary/aromatic N) is 3. The fourth-order valence-electron chi connectivity index (χ4n) is 2.02.